The van der Waals surface area contributed by atoms with Gasteiger partial charge in [0, 0.05) is 25.7 Å². The summed E-state index contributed by atoms with van der Waals surface area (Å²) in [7, 11) is 0. The molecule has 5 nitrogen and oxygen atoms in total. The third kappa shape index (κ3) is 4.94. The number of likely N-dealkylation sites (tertiary alicyclic amines) is 1. The van der Waals surface area contributed by atoms with E-state index >= 15 is 0 Å². The Morgan fingerprint density at radius 2 is 2.14 bits per heavy atom. The fourth-order valence-corrected chi connectivity index (χ4v) is 3.16. The third-order valence-corrected chi connectivity index (χ3v) is 4.67. The first-order chi connectivity index (χ1) is 10.1. The highest BCUT2D eigenvalue weighted by Crippen LogP contribution is 2.20. The van der Waals surface area contributed by atoms with Crippen LogP contribution in [0.5, 0.6) is 0 Å². The topological polar surface area (TPSA) is 64.8 Å². The number of piperidine rings is 1. The predicted octanol–water partition coefficient (Wildman–Crippen LogP) is 1.55. The number of carbonyl (C=O) groups is 1. The van der Waals surface area contributed by atoms with Crippen molar-refractivity contribution < 1.29 is 14.3 Å². The zero-order chi connectivity index (χ0) is 15.2. The molecule has 0 bridgehead atoms. The predicted molar refractivity (Wildman–Crippen MR) is 82.0 cm³/mol. The SMILES string of the molecule is C[C@H](OC[C@@H]1CCCCO1)C(=O)N1CCC[C@H]([C@H](C)N)C1. The Morgan fingerprint density at radius 1 is 1.33 bits per heavy atom. The van der Waals surface area contributed by atoms with Gasteiger partial charge in [-0.1, -0.05) is 0 Å². The van der Waals surface area contributed by atoms with Gasteiger partial charge in [0.1, 0.15) is 6.10 Å². The minimum atomic E-state index is -0.387. The number of ether oxygens (including phenoxy) is 2. The molecular formula is C16H30N2O3. The molecule has 0 aromatic heterocycles. The number of hydrogen-bond donors (Lipinski definition) is 1. The van der Waals surface area contributed by atoms with Gasteiger partial charge in [0.15, 0.2) is 0 Å². The summed E-state index contributed by atoms with van der Waals surface area (Å²) in [5.41, 5.74) is 5.98. The van der Waals surface area contributed by atoms with Gasteiger partial charge >= 0.3 is 0 Å². The van der Waals surface area contributed by atoms with Gasteiger partial charge in [0.05, 0.1) is 12.7 Å². The van der Waals surface area contributed by atoms with Crippen LogP contribution in [0.15, 0.2) is 0 Å². The highest BCUT2D eigenvalue weighted by molar-refractivity contribution is 5.80. The summed E-state index contributed by atoms with van der Waals surface area (Å²) in [6.45, 7) is 6.81. The van der Waals surface area contributed by atoms with Gasteiger partial charge in [0.2, 0.25) is 0 Å². The molecule has 0 aromatic carbocycles. The maximum absolute atomic E-state index is 12.5. The lowest BCUT2D eigenvalue weighted by atomic mass is 9.92. The second-order valence-corrected chi connectivity index (χ2v) is 6.51. The Hall–Kier alpha value is -0.650. The number of amides is 1. The van der Waals surface area contributed by atoms with Crippen LogP contribution in [0.4, 0.5) is 0 Å². The van der Waals surface area contributed by atoms with E-state index in [0.717, 1.165) is 45.4 Å². The zero-order valence-electron chi connectivity index (χ0n) is 13.4. The van der Waals surface area contributed by atoms with Crippen LogP contribution in [-0.4, -0.2) is 55.4 Å². The van der Waals surface area contributed by atoms with E-state index in [2.05, 4.69) is 0 Å². The summed E-state index contributed by atoms with van der Waals surface area (Å²) in [6, 6.07) is 0.146. The molecule has 2 saturated heterocycles. The molecule has 1 amide bonds. The summed E-state index contributed by atoms with van der Waals surface area (Å²) in [5, 5.41) is 0. The third-order valence-electron chi connectivity index (χ3n) is 4.67. The smallest absolute Gasteiger partial charge is 0.251 e. The van der Waals surface area contributed by atoms with E-state index in [4.69, 9.17) is 15.2 Å². The molecule has 0 aromatic rings. The Kier molecular flexibility index (Phi) is 6.45. The van der Waals surface area contributed by atoms with Crippen molar-refractivity contribution in [2.24, 2.45) is 11.7 Å². The lowest BCUT2D eigenvalue weighted by molar-refractivity contribution is -0.148. The molecule has 2 N–H and O–H groups in total. The second kappa shape index (κ2) is 8.11. The van der Waals surface area contributed by atoms with Crippen molar-refractivity contribution in [3.05, 3.63) is 0 Å². The van der Waals surface area contributed by atoms with Crippen LogP contribution in [0, 0.1) is 5.92 Å². The van der Waals surface area contributed by atoms with Gasteiger partial charge in [-0.05, 0) is 51.9 Å². The number of nitrogens with zero attached hydrogens (tertiary/aromatic N) is 1. The van der Waals surface area contributed by atoms with Gasteiger partial charge < -0.3 is 20.1 Å². The second-order valence-electron chi connectivity index (χ2n) is 6.51. The zero-order valence-corrected chi connectivity index (χ0v) is 13.4. The molecule has 0 aliphatic carbocycles. The normalized spacial score (nSPS) is 30.0. The lowest BCUT2D eigenvalue weighted by Gasteiger charge is -2.36. The summed E-state index contributed by atoms with van der Waals surface area (Å²) < 4.78 is 11.4. The largest absolute Gasteiger partial charge is 0.376 e. The molecule has 2 heterocycles. The monoisotopic (exact) mass is 298 g/mol. The molecular weight excluding hydrogens is 268 g/mol. The van der Waals surface area contributed by atoms with Crippen molar-refractivity contribution in [2.45, 2.75) is 64.2 Å². The molecule has 122 valence electrons. The van der Waals surface area contributed by atoms with Gasteiger partial charge in [-0.25, -0.2) is 0 Å². The Bertz CT molecular complexity index is 329. The molecule has 0 spiro atoms. The lowest BCUT2D eigenvalue weighted by Crippen LogP contribution is -2.48. The van der Waals surface area contributed by atoms with Crippen molar-refractivity contribution >= 4 is 5.91 Å². The minimum absolute atomic E-state index is 0.0937. The van der Waals surface area contributed by atoms with Crippen molar-refractivity contribution in [3.63, 3.8) is 0 Å². The van der Waals surface area contributed by atoms with Crippen molar-refractivity contribution in [1.29, 1.82) is 0 Å². The van der Waals surface area contributed by atoms with Crippen LogP contribution in [0.25, 0.3) is 0 Å². The van der Waals surface area contributed by atoms with Crippen LogP contribution in [0.2, 0.25) is 0 Å². The summed E-state index contributed by atoms with van der Waals surface area (Å²) in [6.07, 6.45) is 5.30. The molecule has 0 radical (unpaired) electrons. The first-order valence-electron chi connectivity index (χ1n) is 8.35. The minimum Gasteiger partial charge on any atom is -0.376 e. The standard InChI is InChI=1S/C16H30N2O3/c1-12(17)14-6-5-8-18(10-14)16(19)13(2)21-11-15-7-3-4-9-20-15/h12-15H,3-11,17H2,1-2H3/t12-,13-,14-,15-/m0/s1. The van der Waals surface area contributed by atoms with Gasteiger partial charge in [-0.2, -0.15) is 0 Å². The molecule has 2 fully saturated rings. The molecule has 4 atom stereocenters. The fraction of sp³-hybridized carbons (Fsp3) is 0.938. The van der Waals surface area contributed by atoms with Crippen molar-refractivity contribution in [1.82, 2.24) is 4.90 Å². The Balaban J connectivity index is 1.75. The van der Waals surface area contributed by atoms with E-state index < -0.39 is 0 Å². The highest BCUT2D eigenvalue weighted by Gasteiger charge is 2.29. The molecule has 0 saturated carbocycles. The molecule has 0 unspecified atom stereocenters. The Morgan fingerprint density at radius 3 is 2.81 bits per heavy atom. The van der Waals surface area contributed by atoms with E-state index in [1.807, 2.05) is 18.7 Å². The number of hydrogen-bond acceptors (Lipinski definition) is 4. The van der Waals surface area contributed by atoms with E-state index in [0.29, 0.717) is 12.5 Å². The van der Waals surface area contributed by atoms with Crippen LogP contribution in [0.3, 0.4) is 0 Å². The maximum Gasteiger partial charge on any atom is 0.251 e. The molecule has 2 rings (SSSR count). The fourth-order valence-electron chi connectivity index (χ4n) is 3.16. The van der Waals surface area contributed by atoms with E-state index in [9.17, 15) is 4.79 Å². The van der Waals surface area contributed by atoms with Gasteiger partial charge in [-0.15, -0.1) is 0 Å². The van der Waals surface area contributed by atoms with Gasteiger partial charge in [-0.3, -0.25) is 4.79 Å². The number of carbonyl (C=O) groups excluding carboxylic acids is 1. The van der Waals surface area contributed by atoms with Crippen LogP contribution in [0.1, 0.15) is 46.0 Å². The maximum atomic E-state index is 12.5. The van der Waals surface area contributed by atoms with E-state index in [-0.39, 0.29) is 24.2 Å². The first kappa shape index (κ1) is 16.7. The van der Waals surface area contributed by atoms with Gasteiger partial charge in [0.25, 0.3) is 5.91 Å². The molecule has 2 aliphatic rings. The van der Waals surface area contributed by atoms with E-state index in [1.165, 1.54) is 6.42 Å². The van der Waals surface area contributed by atoms with Crippen molar-refractivity contribution in [2.75, 3.05) is 26.3 Å². The summed E-state index contributed by atoms with van der Waals surface area (Å²) in [5.74, 6) is 0.507. The van der Waals surface area contributed by atoms with Crippen LogP contribution in [-0.2, 0) is 14.3 Å². The first-order valence-corrected chi connectivity index (χ1v) is 8.35. The molecule has 5 heteroatoms. The van der Waals surface area contributed by atoms with Crippen LogP contribution < -0.4 is 5.73 Å². The van der Waals surface area contributed by atoms with Crippen LogP contribution >= 0.6 is 0 Å². The Labute approximate surface area is 128 Å². The molecule has 21 heavy (non-hydrogen) atoms. The van der Waals surface area contributed by atoms with E-state index in [1.54, 1.807) is 0 Å². The number of rotatable bonds is 5. The summed E-state index contributed by atoms with van der Waals surface area (Å²) in [4.78, 5) is 14.4. The average Bonchev–Trinajstić information content (AvgIpc) is 2.53. The average molecular weight is 298 g/mol. The summed E-state index contributed by atoms with van der Waals surface area (Å²) >= 11 is 0. The molecule has 2 aliphatic heterocycles. The quantitative estimate of drug-likeness (QED) is 0.836. The highest BCUT2D eigenvalue weighted by atomic mass is 16.5. The van der Waals surface area contributed by atoms with Crippen molar-refractivity contribution in [3.8, 4) is 0 Å². The number of nitrogens with two attached hydrogens (primary N) is 1.